The van der Waals surface area contributed by atoms with Crippen LogP contribution in [0.2, 0.25) is 10.0 Å². The topological polar surface area (TPSA) is 122 Å². The van der Waals surface area contributed by atoms with E-state index in [1.54, 1.807) is 36.4 Å². The Morgan fingerprint density at radius 2 is 1.60 bits per heavy atom. The molecule has 0 fully saturated rings. The Hall–Kier alpha value is -3.72. The molecule has 0 spiro atoms. The van der Waals surface area contributed by atoms with E-state index in [2.05, 4.69) is 10.6 Å². The summed E-state index contributed by atoms with van der Waals surface area (Å²) in [6.45, 7) is 0.693. The van der Waals surface area contributed by atoms with Crippen LogP contribution in [0.25, 0.3) is 0 Å². The van der Waals surface area contributed by atoms with Crippen LogP contribution < -0.4 is 16.4 Å². The predicted molar refractivity (Wildman–Crippen MR) is 164 cm³/mol. The van der Waals surface area contributed by atoms with Crippen LogP contribution in [-0.4, -0.2) is 47.0 Å². The van der Waals surface area contributed by atoms with Crippen molar-refractivity contribution < 1.29 is 19.2 Å². The average Bonchev–Trinajstić information content (AvgIpc) is 3.00. The van der Waals surface area contributed by atoms with Gasteiger partial charge in [0.25, 0.3) is 0 Å². The van der Waals surface area contributed by atoms with Crippen LogP contribution in [-0.2, 0) is 27.3 Å². The lowest BCUT2D eigenvalue weighted by atomic mass is 9.92. The maximum atomic E-state index is 13.8. The number of fused-ring (bicyclic) bond motifs is 1. The summed E-state index contributed by atoms with van der Waals surface area (Å²) in [5.41, 5.74) is 8.55. The number of hydrogen-bond donors (Lipinski definition) is 3. The fourth-order valence-corrected chi connectivity index (χ4v) is 5.28. The fourth-order valence-electron chi connectivity index (χ4n) is 4.98. The van der Waals surface area contributed by atoms with Gasteiger partial charge in [-0.15, -0.1) is 0 Å². The molecule has 0 aromatic heterocycles. The molecule has 0 radical (unpaired) electrons. The third-order valence-corrected chi connectivity index (χ3v) is 8.04. The highest BCUT2D eigenvalue weighted by Crippen LogP contribution is 2.27. The van der Waals surface area contributed by atoms with Crippen molar-refractivity contribution in [3.05, 3.63) is 99.5 Å². The summed E-state index contributed by atoms with van der Waals surface area (Å²) in [6.07, 6.45) is 1.96. The number of ketones is 1. The maximum Gasteiger partial charge on any atom is 0.246 e. The first kappa shape index (κ1) is 31.2. The van der Waals surface area contributed by atoms with Crippen molar-refractivity contribution in [2.45, 2.75) is 57.2 Å². The highest BCUT2D eigenvalue weighted by Gasteiger charge is 2.36. The first-order valence-electron chi connectivity index (χ1n) is 14.0. The minimum absolute atomic E-state index is 0.0303. The molecule has 0 bridgehead atoms. The Balaban J connectivity index is 1.50. The Morgan fingerprint density at radius 3 is 2.31 bits per heavy atom. The number of benzene rings is 3. The lowest BCUT2D eigenvalue weighted by Crippen LogP contribution is -2.56. The van der Waals surface area contributed by atoms with E-state index in [-0.39, 0.29) is 31.1 Å². The van der Waals surface area contributed by atoms with Gasteiger partial charge in [-0.25, -0.2) is 0 Å². The number of amides is 3. The molecule has 1 unspecified atom stereocenters. The summed E-state index contributed by atoms with van der Waals surface area (Å²) in [4.78, 5) is 54.7. The number of carbonyl (C=O) groups excluding carboxylic acids is 4. The smallest absolute Gasteiger partial charge is 0.246 e. The van der Waals surface area contributed by atoms with Gasteiger partial charge in [-0.1, -0.05) is 77.8 Å². The van der Waals surface area contributed by atoms with Crippen molar-refractivity contribution in [1.82, 2.24) is 10.2 Å². The van der Waals surface area contributed by atoms with Crippen LogP contribution in [0.5, 0.6) is 0 Å². The lowest BCUT2D eigenvalue weighted by Gasteiger charge is -2.37. The quantitative estimate of drug-likeness (QED) is 0.194. The Morgan fingerprint density at radius 1 is 0.881 bits per heavy atom. The van der Waals surface area contributed by atoms with Crippen molar-refractivity contribution in [2.24, 2.45) is 5.73 Å². The standard InChI is InChI=1S/C32H34Cl2N4O4/c33-25-14-13-24(19-26(25)34)36-31(41)27(12-6-7-17-35)37-32(42)28-18-22-10-4-5-11-23(22)20-38(28)30(40)16-15-29(39)21-8-2-1-3-9-21/h1-5,8-11,13-14,19,27-28H,6-7,12,15-18,20,35H2,(H,36,41)(H,37,42)/t27?,28-/m0/s1. The zero-order valence-corrected chi connectivity index (χ0v) is 24.7. The average molecular weight is 610 g/mol. The van der Waals surface area contributed by atoms with Gasteiger partial charge in [0, 0.05) is 37.1 Å². The SMILES string of the molecule is NCCCCC(NC(=O)[C@@H]1Cc2ccccc2CN1C(=O)CCC(=O)c1ccccc1)C(=O)Nc1ccc(Cl)c(Cl)c1. The Kier molecular flexibility index (Phi) is 11.1. The molecule has 220 valence electrons. The summed E-state index contributed by atoms with van der Waals surface area (Å²) in [5.74, 6) is -1.29. The highest BCUT2D eigenvalue weighted by molar-refractivity contribution is 6.42. The third-order valence-electron chi connectivity index (χ3n) is 7.30. The minimum Gasteiger partial charge on any atom is -0.342 e. The molecule has 10 heteroatoms. The molecule has 1 heterocycles. The van der Waals surface area contributed by atoms with Gasteiger partial charge in [-0.3, -0.25) is 19.2 Å². The number of rotatable bonds is 12. The van der Waals surface area contributed by atoms with E-state index in [9.17, 15) is 19.2 Å². The minimum atomic E-state index is -0.868. The molecule has 0 saturated carbocycles. The summed E-state index contributed by atoms with van der Waals surface area (Å²) >= 11 is 12.1. The number of nitrogens with one attached hydrogen (secondary N) is 2. The molecule has 3 aromatic carbocycles. The lowest BCUT2D eigenvalue weighted by molar-refractivity contribution is -0.142. The van der Waals surface area contributed by atoms with Gasteiger partial charge in [0.1, 0.15) is 12.1 Å². The van der Waals surface area contributed by atoms with Crippen LogP contribution in [0.4, 0.5) is 5.69 Å². The second kappa shape index (κ2) is 15.0. The number of unbranched alkanes of at least 4 members (excludes halogenated alkanes) is 1. The number of anilines is 1. The van der Waals surface area contributed by atoms with Gasteiger partial charge in [0.15, 0.2) is 5.78 Å². The number of nitrogens with two attached hydrogens (primary N) is 1. The molecule has 4 rings (SSSR count). The van der Waals surface area contributed by atoms with Crippen molar-refractivity contribution in [3.8, 4) is 0 Å². The van der Waals surface area contributed by atoms with E-state index in [0.717, 1.165) is 11.1 Å². The fraction of sp³-hybridized carbons (Fsp3) is 0.312. The number of Topliss-reactive ketones (excluding diaryl/α,β-unsaturated/α-hetero) is 1. The molecule has 2 atom stereocenters. The predicted octanol–water partition coefficient (Wildman–Crippen LogP) is 5.16. The van der Waals surface area contributed by atoms with E-state index in [1.165, 1.54) is 11.0 Å². The monoisotopic (exact) mass is 608 g/mol. The van der Waals surface area contributed by atoms with Gasteiger partial charge < -0.3 is 21.3 Å². The molecule has 3 aromatic rings. The van der Waals surface area contributed by atoms with Crippen LogP contribution >= 0.6 is 23.2 Å². The van der Waals surface area contributed by atoms with Gasteiger partial charge in [-0.05, 0) is 55.1 Å². The number of halogens is 2. The van der Waals surface area contributed by atoms with Gasteiger partial charge in [0.05, 0.1) is 10.0 Å². The van der Waals surface area contributed by atoms with E-state index >= 15 is 0 Å². The van der Waals surface area contributed by atoms with Crippen molar-refractivity contribution >= 4 is 52.4 Å². The molecule has 42 heavy (non-hydrogen) atoms. The molecule has 8 nitrogen and oxygen atoms in total. The molecule has 3 amide bonds. The van der Waals surface area contributed by atoms with Crippen LogP contribution in [0.15, 0.2) is 72.8 Å². The van der Waals surface area contributed by atoms with E-state index in [0.29, 0.717) is 53.5 Å². The maximum absolute atomic E-state index is 13.8. The van der Waals surface area contributed by atoms with Crippen LogP contribution in [0.1, 0.15) is 53.6 Å². The number of carbonyl (C=O) groups is 4. The zero-order valence-electron chi connectivity index (χ0n) is 23.2. The molecule has 1 aliphatic heterocycles. The highest BCUT2D eigenvalue weighted by atomic mass is 35.5. The summed E-state index contributed by atoms with van der Waals surface area (Å²) in [6, 6.07) is 19.5. The third kappa shape index (κ3) is 8.18. The Bertz CT molecular complexity index is 1430. The molecule has 4 N–H and O–H groups in total. The van der Waals surface area contributed by atoms with Crippen molar-refractivity contribution in [3.63, 3.8) is 0 Å². The summed E-state index contributed by atoms with van der Waals surface area (Å²) in [5, 5.41) is 6.33. The van der Waals surface area contributed by atoms with Gasteiger partial charge in [-0.2, -0.15) is 0 Å². The largest absolute Gasteiger partial charge is 0.342 e. The van der Waals surface area contributed by atoms with E-state index in [4.69, 9.17) is 28.9 Å². The molecular weight excluding hydrogens is 575 g/mol. The number of hydrogen-bond acceptors (Lipinski definition) is 5. The normalized spacial score (nSPS) is 14.9. The van der Waals surface area contributed by atoms with Crippen molar-refractivity contribution in [2.75, 3.05) is 11.9 Å². The second-order valence-electron chi connectivity index (χ2n) is 10.3. The molecule has 0 saturated heterocycles. The number of nitrogens with zero attached hydrogens (tertiary/aromatic N) is 1. The van der Waals surface area contributed by atoms with Gasteiger partial charge in [0.2, 0.25) is 17.7 Å². The van der Waals surface area contributed by atoms with Crippen LogP contribution in [0, 0.1) is 0 Å². The van der Waals surface area contributed by atoms with E-state index < -0.39 is 23.9 Å². The first-order chi connectivity index (χ1) is 20.3. The second-order valence-corrected chi connectivity index (χ2v) is 11.1. The van der Waals surface area contributed by atoms with E-state index in [1.807, 2.05) is 30.3 Å². The molecular formula is C32H34Cl2N4O4. The molecule has 0 aliphatic carbocycles. The Labute approximate surface area is 255 Å². The van der Waals surface area contributed by atoms with Gasteiger partial charge >= 0.3 is 0 Å². The van der Waals surface area contributed by atoms with Crippen LogP contribution in [0.3, 0.4) is 0 Å². The first-order valence-corrected chi connectivity index (χ1v) is 14.7. The summed E-state index contributed by atoms with van der Waals surface area (Å²) < 4.78 is 0. The van der Waals surface area contributed by atoms with Crippen molar-refractivity contribution in [1.29, 1.82) is 0 Å². The zero-order chi connectivity index (χ0) is 30.1. The summed E-state index contributed by atoms with van der Waals surface area (Å²) in [7, 11) is 0. The molecule has 1 aliphatic rings.